The van der Waals surface area contributed by atoms with E-state index in [9.17, 15) is 0 Å². The van der Waals surface area contributed by atoms with Gasteiger partial charge in [-0.25, -0.2) is 4.99 Å². The smallest absolute Gasteiger partial charge is 0.141 e. The fourth-order valence-corrected chi connectivity index (χ4v) is 2.92. The monoisotopic (exact) mass is 298 g/mol. The summed E-state index contributed by atoms with van der Waals surface area (Å²) in [5, 5.41) is 0. The molecule has 1 heterocycles. The molecule has 23 heavy (non-hydrogen) atoms. The van der Waals surface area contributed by atoms with Crippen molar-refractivity contribution in [1.82, 2.24) is 0 Å². The molecule has 0 bridgehead atoms. The van der Waals surface area contributed by atoms with Crippen molar-refractivity contribution in [3.8, 4) is 0 Å². The zero-order valence-electron chi connectivity index (χ0n) is 13.1. The van der Waals surface area contributed by atoms with Crippen LogP contribution >= 0.6 is 0 Å². The number of hydrogen-bond donors (Lipinski definition) is 0. The normalized spacial score (nSPS) is 13.4. The Hall–Kier alpha value is -2.87. The van der Waals surface area contributed by atoms with Gasteiger partial charge in [-0.1, -0.05) is 66.2 Å². The molecular weight excluding hydrogens is 280 g/mol. The van der Waals surface area contributed by atoms with E-state index in [1.54, 1.807) is 0 Å². The first-order valence-electron chi connectivity index (χ1n) is 7.87. The maximum absolute atomic E-state index is 4.94. The minimum atomic E-state index is 0.840. The Balaban J connectivity index is 1.85. The minimum Gasteiger partial charge on any atom is -0.321 e. The number of hydrogen-bond acceptors (Lipinski definition) is 2. The predicted molar refractivity (Wildman–Crippen MR) is 96.4 cm³/mol. The van der Waals surface area contributed by atoms with Gasteiger partial charge in [-0.15, -0.1) is 0 Å². The molecule has 112 valence electrons. The zero-order chi connectivity index (χ0) is 15.6. The fraction of sp³-hybridized carbons (Fsp3) is 0.0952. The maximum atomic E-state index is 4.94. The molecule has 0 aromatic heterocycles. The molecule has 4 rings (SSSR count). The summed E-state index contributed by atoms with van der Waals surface area (Å²) in [6, 6.07) is 27.4. The third-order valence-corrected chi connectivity index (χ3v) is 4.18. The van der Waals surface area contributed by atoms with Gasteiger partial charge in [0.25, 0.3) is 0 Å². The summed E-state index contributed by atoms with van der Waals surface area (Å²) in [5.41, 5.74) is 5.90. The molecule has 0 aliphatic carbocycles. The predicted octanol–water partition coefficient (Wildman–Crippen LogP) is 5.09. The number of benzene rings is 3. The van der Waals surface area contributed by atoms with E-state index in [1.807, 2.05) is 12.1 Å². The number of nitrogens with zero attached hydrogens (tertiary/aromatic N) is 2. The third kappa shape index (κ3) is 2.64. The Morgan fingerprint density at radius 3 is 2.26 bits per heavy atom. The topological polar surface area (TPSA) is 15.6 Å². The Kier molecular flexibility index (Phi) is 3.43. The molecule has 0 saturated heterocycles. The van der Waals surface area contributed by atoms with Crippen molar-refractivity contribution in [1.29, 1.82) is 0 Å². The maximum Gasteiger partial charge on any atom is 0.141 e. The van der Waals surface area contributed by atoms with Crippen molar-refractivity contribution >= 4 is 17.2 Å². The van der Waals surface area contributed by atoms with Crippen LogP contribution in [0.3, 0.4) is 0 Å². The summed E-state index contributed by atoms with van der Waals surface area (Å²) in [6.45, 7) is 2.95. The first-order chi connectivity index (χ1) is 11.3. The van der Waals surface area contributed by atoms with Crippen LogP contribution in [0.4, 0.5) is 11.4 Å². The van der Waals surface area contributed by atoms with E-state index in [1.165, 1.54) is 16.8 Å². The lowest BCUT2D eigenvalue weighted by Gasteiger charge is -2.31. The second-order valence-electron chi connectivity index (χ2n) is 5.85. The van der Waals surface area contributed by atoms with E-state index < -0.39 is 0 Å². The molecule has 0 N–H and O–H groups in total. The van der Waals surface area contributed by atoms with Gasteiger partial charge in [-0.05, 0) is 30.7 Å². The Morgan fingerprint density at radius 1 is 0.783 bits per heavy atom. The zero-order valence-corrected chi connectivity index (χ0v) is 13.1. The standard InChI is InChI=1S/C21H18N2/c1-16-11-13-19(14-12-16)23-15-18-9-5-6-10-20(18)22-21(23)17-7-3-2-4-8-17/h2-14H,15H2,1H3. The summed E-state index contributed by atoms with van der Waals surface area (Å²) in [4.78, 5) is 7.23. The van der Waals surface area contributed by atoms with Crippen molar-refractivity contribution in [2.75, 3.05) is 4.90 Å². The van der Waals surface area contributed by atoms with E-state index in [0.717, 1.165) is 23.6 Å². The highest BCUT2D eigenvalue weighted by molar-refractivity contribution is 6.12. The second kappa shape index (κ2) is 5.73. The largest absolute Gasteiger partial charge is 0.321 e. The van der Waals surface area contributed by atoms with Crippen LogP contribution in [0.1, 0.15) is 16.7 Å². The van der Waals surface area contributed by atoms with Gasteiger partial charge in [0.2, 0.25) is 0 Å². The Morgan fingerprint density at radius 2 is 1.48 bits per heavy atom. The molecule has 3 aromatic rings. The highest BCUT2D eigenvalue weighted by atomic mass is 15.2. The molecule has 3 aromatic carbocycles. The van der Waals surface area contributed by atoms with Gasteiger partial charge in [0.15, 0.2) is 0 Å². The average Bonchev–Trinajstić information content (AvgIpc) is 2.62. The molecule has 0 unspecified atom stereocenters. The van der Waals surface area contributed by atoms with Gasteiger partial charge in [0, 0.05) is 11.3 Å². The number of aliphatic imine (C=N–C) groups is 1. The molecule has 0 atom stereocenters. The second-order valence-corrected chi connectivity index (χ2v) is 5.85. The van der Waals surface area contributed by atoms with E-state index in [-0.39, 0.29) is 0 Å². The lowest BCUT2D eigenvalue weighted by atomic mass is 10.1. The van der Waals surface area contributed by atoms with E-state index in [2.05, 4.69) is 78.6 Å². The van der Waals surface area contributed by atoms with Crippen LogP contribution in [0, 0.1) is 6.92 Å². The summed E-state index contributed by atoms with van der Waals surface area (Å²) >= 11 is 0. The molecule has 2 heteroatoms. The highest BCUT2D eigenvalue weighted by Gasteiger charge is 2.22. The van der Waals surface area contributed by atoms with Crippen molar-refractivity contribution in [2.24, 2.45) is 4.99 Å². The lowest BCUT2D eigenvalue weighted by molar-refractivity contribution is 0.977. The van der Waals surface area contributed by atoms with Crippen LogP contribution in [0.15, 0.2) is 83.9 Å². The van der Waals surface area contributed by atoms with Crippen LogP contribution in [0.5, 0.6) is 0 Å². The van der Waals surface area contributed by atoms with Crippen LogP contribution in [-0.4, -0.2) is 5.84 Å². The first-order valence-corrected chi connectivity index (χ1v) is 7.87. The van der Waals surface area contributed by atoms with Gasteiger partial charge < -0.3 is 4.90 Å². The molecule has 0 radical (unpaired) electrons. The molecule has 0 saturated carbocycles. The van der Waals surface area contributed by atoms with Crippen LogP contribution in [-0.2, 0) is 6.54 Å². The summed E-state index contributed by atoms with van der Waals surface area (Å²) in [5.74, 6) is 1.01. The SMILES string of the molecule is Cc1ccc(N2Cc3ccccc3N=C2c2ccccc2)cc1. The average molecular weight is 298 g/mol. The van der Waals surface area contributed by atoms with Crippen molar-refractivity contribution in [3.63, 3.8) is 0 Å². The number of aryl methyl sites for hydroxylation is 1. The summed E-state index contributed by atoms with van der Waals surface area (Å²) in [7, 11) is 0. The van der Waals surface area contributed by atoms with Gasteiger partial charge in [0.05, 0.1) is 12.2 Å². The number of amidine groups is 1. The number of fused-ring (bicyclic) bond motifs is 1. The first kappa shape index (κ1) is 13.8. The van der Waals surface area contributed by atoms with Crippen molar-refractivity contribution in [3.05, 3.63) is 95.6 Å². The van der Waals surface area contributed by atoms with E-state index >= 15 is 0 Å². The van der Waals surface area contributed by atoms with Gasteiger partial charge >= 0.3 is 0 Å². The third-order valence-electron chi connectivity index (χ3n) is 4.18. The minimum absolute atomic E-state index is 0.840. The number of rotatable bonds is 2. The quantitative estimate of drug-likeness (QED) is 0.643. The Bertz CT molecular complexity index is 849. The number of anilines is 1. The van der Waals surface area contributed by atoms with E-state index in [4.69, 9.17) is 4.99 Å². The summed E-state index contributed by atoms with van der Waals surface area (Å²) < 4.78 is 0. The summed E-state index contributed by atoms with van der Waals surface area (Å²) in [6.07, 6.45) is 0. The van der Waals surface area contributed by atoms with Crippen LogP contribution in [0.2, 0.25) is 0 Å². The van der Waals surface area contributed by atoms with E-state index in [0.29, 0.717) is 0 Å². The molecule has 1 aliphatic heterocycles. The molecular formula is C21H18N2. The molecule has 2 nitrogen and oxygen atoms in total. The molecule has 0 amide bonds. The Labute approximate surface area is 136 Å². The molecule has 0 spiro atoms. The molecule has 1 aliphatic rings. The van der Waals surface area contributed by atoms with Crippen LogP contribution in [0.25, 0.3) is 0 Å². The van der Waals surface area contributed by atoms with Gasteiger partial charge in [-0.2, -0.15) is 0 Å². The van der Waals surface area contributed by atoms with Gasteiger partial charge in [-0.3, -0.25) is 0 Å². The molecule has 0 fully saturated rings. The highest BCUT2D eigenvalue weighted by Crippen LogP contribution is 2.31. The van der Waals surface area contributed by atoms with Gasteiger partial charge in [0.1, 0.15) is 5.84 Å². The number of para-hydroxylation sites is 1. The van der Waals surface area contributed by atoms with Crippen molar-refractivity contribution < 1.29 is 0 Å². The fourth-order valence-electron chi connectivity index (χ4n) is 2.92. The van der Waals surface area contributed by atoms with Crippen LogP contribution < -0.4 is 4.90 Å². The lowest BCUT2D eigenvalue weighted by Crippen LogP contribution is -2.33. The van der Waals surface area contributed by atoms with Crippen molar-refractivity contribution in [2.45, 2.75) is 13.5 Å².